The molecule has 2 atom stereocenters. The first-order valence-electron chi connectivity index (χ1n) is 6.16. The van der Waals surface area contributed by atoms with E-state index in [9.17, 15) is 5.11 Å². The summed E-state index contributed by atoms with van der Waals surface area (Å²) in [5.74, 6) is 0. The number of rotatable bonds is 2. The number of piperidine rings is 1. The molecule has 2 nitrogen and oxygen atoms in total. The van der Waals surface area contributed by atoms with Crippen molar-refractivity contribution in [2.45, 2.75) is 37.8 Å². The molecule has 0 aliphatic carbocycles. The Bertz CT molecular complexity index is 396. The fourth-order valence-electron chi connectivity index (χ4n) is 2.60. The van der Waals surface area contributed by atoms with Gasteiger partial charge in [-0.15, -0.1) is 0 Å². The van der Waals surface area contributed by atoms with Gasteiger partial charge in [0.2, 0.25) is 0 Å². The number of benzene rings is 1. The van der Waals surface area contributed by atoms with Gasteiger partial charge >= 0.3 is 0 Å². The molecule has 1 aromatic carbocycles. The largest absolute Gasteiger partial charge is 0.389 e. The van der Waals surface area contributed by atoms with Crippen molar-refractivity contribution < 1.29 is 5.11 Å². The number of hydrogen-bond donors (Lipinski definition) is 1. The van der Waals surface area contributed by atoms with E-state index in [4.69, 9.17) is 11.6 Å². The average Bonchev–Trinajstić information content (AvgIpc) is 2.24. The highest BCUT2D eigenvalue weighted by Gasteiger charge is 2.34. The summed E-state index contributed by atoms with van der Waals surface area (Å²) >= 11 is 5.97. The van der Waals surface area contributed by atoms with Gasteiger partial charge in [0.15, 0.2) is 0 Å². The van der Waals surface area contributed by atoms with Crippen molar-refractivity contribution in [2.75, 3.05) is 13.6 Å². The summed E-state index contributed by atoms with van der Waals surface area (Å²) < 4.78 is 0. The molecule has 0 radical (unpaired) electrons. The molecule has 1 heterocycles. The molecule has 0 saturated carbocycles. The lowest BCUT2D eigenvalue weighted by Crippen LogP contribution is -2.48. The van der Waals surface area contributed by atoms with E-state index < -0.39 is 5.60 Å². The van der Waals surface area contributed by atoms with E-state index in [1.165, 1.54) is 0 Å². The second kappa shape index (κ2) is 4.97. The quantitative estimate of drug-likeness (QED) is 0.876. The van der Waals surface area contributed by atoms with Crippen molar-refractivity contribution in [1.29, 1.82) is 0 Å². The molecular formula is C14H20ClNO. The summed E-state index contributed by atoms with van der Waals surface area (Å²) in [5.41, 5.74) is 0.549. The van der Waals surface area contributed by atoms with Crippen molar-refractivity contribution in [1.82, 2.24) is 4.90 Å². The summed E-state index contributed by atoms with van der Waals surface area (Å²) in [6.07, 6.45) is 2.36. The number of nitrogens with zero attached hydrogens (tertiary/aromatic N) is 1. The Morgan fingerprint density at radius 2 is 2.29 bits per heavy atom. The predicted octanol–water partition coefficient (Wildman–Crippen LogP) is 2.73. The highest BCUT2D eigenvalue weighted by Crippen LogP contribution is 2.29. The molecule has 1 saturated heterocycles. The average molecular weight is 254 g/mol. The molecule has 1 aromatic rings. The summed E-state index contributed by atoms with van der Waals surface area (Å²) in [6, 6.07) is 8.23. The second-order valence-electron chi connectivity index (χ2n) is 5.31. The molecule has 17 heavy (non-hydrogen) atoms. The lowest BCUT2D eigenvalue weighted by Gasteiger charge is -2.41. The fraction of sp³-hybridized carbons (Fsp3) is 0.571. The minimum atomic E-state index is -0.573. The molecule has 1 aliphatic heterocycles. The van der Waals surface area contributed by atoms with Gasteiger partial charge in [-0.1, -0.05) is 23.7 Å². The SMILES string of the molecule is CC1CC(O)(Cc2cccc(Cl)c2)CCN1C. The molecule has 94 valence electrons. The van der Waals surface area contributed by atoms with Crippen LogP contribution in [0, 0.1) is 0 Å². The van der Waals surface area contributed by atoms with Crippen LogP contribution in [0.15, 0.2) is 24.3 Å². The zero-order valence-corrected chi connectivity index (χ0v) is 11.2. The molecule has 1 fully saturated rings. The minimum absolute atomic E-state index is 0.438. The van der Waals surface area contributed by atoms with Crippen LogP contribution in [-0.2, 0) is 6.42 Å². The summed E-state index contributed by atoms with van der Waals surface area (Å²) in [7, 11) is 2.11. The van der Waals surface area contributed by atoms with Crippen LogP contribution in [0.25, 0.3) is 0 Å². The van der Waals surface area contributed by atoms with Crippen molar-refractivity contribution >= 4 is 11.6 Å². The van der Waals surface area contributed by atoms with Gasteiger partial charge in [0.05, 0.1) is 5.60 Å². The molecule has 2 unspecified atom stereocenters. The van der Waals surface area contributed by atoms with Crippen LogP contribution < -0.4 is 0 Å². The molecule has 1 N–H and O–H groups in total. The van der Waals surface area contributed by atoms with Crippen molar-refractivity contribution in [3.05, 3.63) is 34.9 Å². The standard InChI is InChI=1S/C14H20ClNO/c1-11-9-14(17,6-7-16(11)2)10-12-4-3-5-13(15)8-12/h3-5,8,11,17H,6-7,9-10H2,1-2H3. The number of aliphatic hydroxyl groups is 1. The first-order valence-corrected chi connectivity index (χ1v) is 6.53. The van der Waals surface area contributed by atoms with Gasteiger partial charge in [0, 0.05) is 24.0 Å². The molecular weight excluding hydrogens is 234 g/mol. The van der Waals surface area contributed by atoms with Gasteiger partial charge in [-0.25, -0.2) is 0 Å². The Hall–Kier alpha value is -0.570. The van der Waals surface area contributed by atoms with Crippen LogP contribution in [-0.4, -0.2) is 35.2 Å². The van der Waals surface area contributed by atoms with E-state index in [0.717, 1.165) is 30.0 Å². The molecule has 3 heteroatoms. The number of hydrogen-bond acceptors (Lipinski definition) is 2. The normalized spacial score (nSPS) is 30.5. The van der Waals surface area contributed by atoms with E-state index >= 15 is 0 Å². The first-order chi connectivity index (χ1) is 7.98. The second-order valence-corrected chi connectivity index (χ2v) is 5.75. The maximum absolute atomic E-state index is 10.6. The van der Waals surface area contributed by atoms with Crippen LogP contribution in [0.5, 0.6) is 0 Å². The monoisotopic (exact) mass is 253 g/mol. The number of likely N-dealkylation sites (tertiary alicyclic amines) is 1. The Kier molecular flexibility index (Phi) is 3.76. The van der Waals surface area contributed by atoms with Gasteiger partial charge in [0.1, 0.15) is 0 Å². The Balaban J connectivity index is 2.07. The van der Waals surface area contributed by atoms with Gasteiger partial charge in [-0.05, 0) is 44.5 Å². The smallest absolute Gasteiger partial charge is 0.0714 e. The lowest BCUT2D eigenvalue weighted by molar-refractivity contribution is -0.0353. The van der Waals surface area contributed by atoms with Crippen LogP contribution in [0.2, 0.25) is 5.02 Å². The Morgan fingerprint density at radius 1 is 1.53 bits per heavy atom. The Morgan fingerprint density at radius 3 is 2.94 bits per heavy atom. The fourth-order valence-corrected chi connectivity index (χ4v) is 2.81. The third-order valence-electron chi connectivity index (χ3n) is 3.78. The maximum atomic E-state index is 10.6. The Labute approximate surface area is 108 Å². The third-order valence-corrected chi connectivity index (χ3v) is 4.01. The highest BCUT2D eigenvalue weighted by molar-refractivity contribution is 6.30. The minimum Gasteiger partial charge on any atom is -0.389 e. The summed E-state index contributed by atoms with van der Waals surface area (Å²) in [6.45, 7) is 3.13. The number of halogens is 1. The van der Waals surface area contributed by atoms with E-state index in [1.54, 1.807) is 0 Å². The van der Waals surface area contributed by atoms with E-state index in [-0.39, 0.29) is 0 Å². The zero-order valence-electron chi connectivity index (χ0n) is 10.5. The van der Waals surface area contributed by atoms with E-state index in [0.29, 0.717) is 12.5 Å². The van der Waals surface area contributed by atoms with Crippen molar-refractivity contribution in [3.63, 3.8) is 0 Å². The van der Waals surface area contributed by atoms with Crippen LogP contribution in [0.1, 0.15) is 25.3 Å². The van der Waals surface area contributed by atoms with Crippen LogP contribution >= 0.6 is 11.6 Å². The molecule has 0 amide bonds. The lowest BCUT2D eigenvalue weighted by atomic mass is 9.82. The van der Waals surface area contributed by atoms with Crippen LogP contribution in [0.4, 0.5) is 0 Å². The highest BCUT2D eigenvalue weighted by atomic mass is 35.5. The van der Waals surface area contributed by atoms with Crippen LogP contribution in [0.3, 0.4) is 0 Å². The van der Waals surface area contributed by atoms with Gasteiger partial charge in [-0.2, -0.15) is 0 Å². The van der Waals surface area contributed by atoms with Gasteiger partial charge in [0.25, 0.3) is 0 Å². The van der Waals surface area contributed by atoms with Crippen molar-refractivity contribution in [2.24, 2.45) is 0 Å². The van der Waals surface area contributed by atoms with Gasteiger partial charge in [-0.3, -0.25) is 0 Å². The van der Waals surface area contributed by atoms with E-state index in [2.05, 4.69) is 18.9 Å². The first kappa shape index (κ1) is 12.9. The topological polar surface area (TPSA) is 23.5 Å². The molecule has 2 rings (SSSR count). The summed E-state index contributed by atoms with van der Waals surface area (Å²) in [4.78, 5) is 2.30. The van der Waals surface area contributed by atoms with E-state index in [1.807, 2.05) is 24.3 Å². The van der Waals surface area contributed by atoms with Crippen molar-refractivity contribution in [3.8, 4) is 0 Å². The molecule has 0 aromatic heterocycles. The summed E-state index contributed by atoms with van der Waals surface area (Å²) in [5, 5.41) is 11.4. The molecule has 0 spiro atoms. The predicted molar refractivity (Wildman–Crippen MR) is 71.4 cm³/mol. The maximum Gasteiger partial charge on any atom is 0.0714 e. The third kappa shape index (κ3) is 3.21. The van der Waals surface area contributed by atoms with Gasteiger partial charge < -0.3 is 10.0 Å². The molecule has 0 bridgehead atoms. The zero-order chi connectivity index (χ0) is 12.5. The molecule has 1 aliphatic rings.